The molecule has 118 valence electrons. The second kappa shape index (κ2) is 5.51. The second-order valence-corrected chi connectivity index (χ2v) is 5.73. The summed E-state index contributed by atoms with van der Waals surface area (Å²) in [6, 6.07) is 5.46. The Labute approximate surface area is 133 Å². The van der Waals surface area contributed by atoms with Gasteiger partial charge in [-0.1, -0.05) is 0 Å². The van der Waals surface area contributed by atoms with Crippen molar-refractivity contribution in [3.63, 3.8) is 0 Å². The molecule has 0 bridgehead atoms. The molecule has 1 aliphatic heterocycles. The number of aryl methyl sites for hydroxylation is 1. The van der Waals surface area contributed by atoms with E-state index in [1.807, 2.05) is 31.5 Å². The van der Waals surface area contributed by atoms with Gasteiger partial charge in [-0.15, -0.1) is 0 Å². The quantitative estimate of drug-likeness (QED) is 0.751. The van der Waals surface area contributed by atoms with Crippen molar-refractivity contribution in [2.45, 2.75) is 6.92 Å². The summed E-state index contributed by atoms with van der Waals surface area (Å²) in [7, 11) is 0. The molecular weight excluding hydrogens is 292 g/mol. The van der Waals surface area contributed by atoms with Crippen LogP contribution in [0.15, 0.2) is 41.7 Å². The molecule has 1 N–H and O–H groups in total. The Morgan fingerprint density at radius 3 is 2.74 bits per heavy atom. The van der Waals surface area contributed by atoms with Gasteiger partial charge in [0.05, 0.1) is 11.4 Å². The van der Waals surface area contributed by atoms with E-state index >= 15 is 0 Å². The summed E-state index contributed by atoms with van der Waals surface area (Å²) in [5, 5.41) is 3.33. The lowest BCUT2D eigenvalue weighted by molar-refractivity contribution is 0.588. The van der Waals surface area contributed by atoms with Crippen molar-refractivity contribution in [3.8, 4) is 5.82 Å². The van der Waals surface area contributed by atoms with Crippen molar-refractivity contribution in [2.24, 2.45) is 0 Å². The maximum atomic E-state index is 12.5. The Balaban J connectivity index is 1.78. The molecule has 0 amide bonds. The Morgan fingerprint density at radius 1 is 1.17 bits per heavy atom. The van der Waals surface area contributed by atoms with E-state index in [4.69, 9.17) is 0 Å². The number of nitrogens with one attached hydrogen (secondary N) is 1. The van der Waals surface area contributed by atoms with Gasteiger partial charge in [-0.25, -0.2) is 9.97 Å². The Bertz CT molecular complexity index is 906. The van der Waals surface area contributed by atoms with Crippen molar-refractivity contribution in [1.29, 1.82) is 0 Å². The van der Waals surface area contributed by atoms with Crippen LogP contribution in [-0.2, 0) is 0 Å². The molecule has 0 atom stereocenters. The highest BCUT2D eigenvalue weighted by atomic mass is 16.1. The number of hydrogen-bond acceptors (Lipinski definition) is 5. The van der Waals surface area contributed by atoms with Crippen molar-refractivity contribution in [3.05, 3.63) is 53.0 Å². The zero-order valence-corrected chi connectivity index (χ0v) is 12.9. The maximum Gasteiger partial charge on any atom is 0.260 e. The molecule has 1 fully saturated rings. The molecule has 0 saturated carbocycles. The van der Waals surface area contributed by atoms with Crippen LogP contribution in [0, 0.1) is 6.92 Å². The predicted octanol–water partition coefficient (Wildman–Crippen LogP) is 0.598. The van der Waals surface area contributed by atoms with E-state index < -0.39 is 0 Å². The van der Waals surface area contributed by atoms with Gasteiger partial charge in [-0.2, -0.15) is 0 Å². The molecule has 0 aliphatic carbocycles. The lowest BCUT2D eigenvalue weighted by Gasteiger charge is -2.29. The van der Waals surface area contributed by atoms with Crippen molar-refractivity contribution < 1.29 is 0 Å². The third-order valence-corrected chi connectivity index (χ3v) is 4.09. The van der Waals surface area contributed by atoms with Crippen LogP contribution in [-0.4, -0.2) is 45.1 Å². The molecule has 23 heavy (non-hydrogen) atoms. The third kappa shape index (κ3) is 2.59. The zero-order valence-electron chi connectivity index (χ0n) is 12.9. The number of hydrogen-bond donors (Lipinski definition) is 1. The lowest BCUT2D eigenvalue weighted by Crippen LogP contribution is -2.43. The minimum atomic E-state index is -0.0895. The van der Waals surface area contributed by atoms with Crippen molar-refractivity contribution in [1.82, 2.24) is 24.3 Å². The second-order valence-electron chi connectivity index (χ2n) is 5.73. The van der Waals surface area contributed by atoms with Gasteiger partial charge in [0.15, 0.2) is 0 Å². The molecule has 0 aromatic carbocycles. The molecule has 1 saturated heterocycles. The smallest absolute Gasteiger partial charge is 0.260 e. The van der Waals surface area contributed by atoms with Crippen LogP contribution in [0.5, 0.6) is 0 Å². The Hall–Kier alpha value is -2.67. The molecule has 0 radical (unpaired) electrons. The summed E-state index contributed by atoms with van der Waals surface area (Å²) < 4.78 is 3.37. The molecule has 7 nitrogen and oxygen atoms in total. The summed E-state index contributed by atoms with van der Waals surface area (Å²) in [5.74, 6) is 0.588. The average molecular weight is 310 g/mol. The van der Waals surface area contributed by atoms with E-state index in [0.29, 0.717) is 11.5 Å². The minimum absolute atomic E-state index is 0.0895. The van der Waals surface area contributed by atoms with Crippen LogP contribution in [0.3, 0.4) is 0 Å². The van der Waals surface area contributed by atoms with Gasteiger partial charge in [0, 0.05) is 44.6 Å². The predicted molar refractivity (Wildman–Crippen MR) is 88.4 cm³/mol. The van der Waals surface area contributed by atoms with E-state index in [2.05, 4.69) is 20.2 Å². The number of pyridine rings is 1. The first-order chi connectivity index (χ1) is 11.2. The van der Waals surface area contributed by atoms with Gasteiger partial charge in [0.2, 0.25) is 0 Å². The zero-order chi connectivity index (χ0) is 15.8. The van der Waals surface area contributed by atoms with E-state index in [-0.39, 0.29) is 5.56 Å². The molecule has 0 unspecified atom stereocenters. The van der Waals surface area contributed by atoms with Crippen LogP contribution in [0.25, 0.3) is 11.5 Å². The summed E-state index contributed by atoms with van der Waals surface area (Å²) in [5.41, 5.74) is 2.49. The highest BCUT2D eigenvalue weighted by Gasteiger charge is 2.12. The molecule has 3 aromatic heterocycles. The summed E-state index contributed by atoms with van der Waals surface area (Å²) in [4.78, 5) is 23.5. The fourth-order valence-corrected chi connectivity index (χ4v) is 2.87. The third-order valence-electron chi connectivity index (χ3n) is 4.09. The number of piperazine rings is 1. The summed E-state index contributed by atoms with van der Waals surface area (Å²) in [6.07, 6.45) is 5.40. The van der Waals surface area contributed by atoms with Crippen molar-refractivity contribution >= 4 is 11.3 Å². The normalized spacial score (nSPS) is 15.3. The van der Waals surface area contributed by atoms with Crippen LogP contribution in [0.1, 0.15) is 5.69 Å². The molecule has 3 aromatic rings. The van der Waals surface area contributed by atoms with Crippen LogP contribution in [0.4, 0.5) is 5.69 Å². The van der Waals surface area contributed by atoms with Gasteiger partial charge >= 0.3 is 0 Å². The average Bonchev–Trinajstić information content (AvgIpc) is 3.02. The fourth-order valence-electron chi connectivity index (χ4n) is 2.87. The summed E-state index contributed by atoms with van der Waals surface area (Å²) in [6.45, 7) is 5.72. The standard InChI is InChI=1S/C16H18N6O/c1-12-9-21(11-18-12)15-8-16(23)22-10-13(2-3-14(22)19-15)20-6-4-17-5-7-20/h2-3,8-11,17H,4-7H2,1H3. The molecule has 4 rings (SSSR count). The van der Waals surface area contributed by atoms with Crippen LogP contribution >= 0.6 is 0 Å². The largest absolute Gasteiger partial charge is 0.368 e. The molecule has 4 heterocycles. The number of rotatable bonds is 2. The first-order valence-electron chi connectivity index (χ1n) is 7.71. The number of imidazole rings is 1. The number of anilines is 1. The minimum Gasteiger partial charge on any atom is -0.368 e. The monoisotopic (exact) mass is 310 g/mol. The SMILES string of the molecule is Cc1cn(-c2cc(=O)n3cc(N4CCNCC4)ccc3n2)cn1. The van der Waals surface area contributed by atoms with E-state index in [0.717, 1.165) is 37.6 Å². The van der Waals surface area contributed by atoms with E-state index in [1.165, 1.54) is 6.07 Å². The molecule has 1 aliphatic rings. The maximum absolute atomic E-state index is 12.5. The van der Waals surface area contributed by atoms with Crippen LogP contribution in [0.2, 0.25) is 0 Å². The fraction of sp³-hybridized carbons (Fsp3) is 0.312. The molecular formula is C16H18N6O. The highest BCUT2D eigenvalue weighted by Crippen LogP contribution is 2.15. The Kier molecular flexibility index (Phi) is 3.34. The van der Waals surface area contributed by atoms with E-state index in [1.54, 1.807) is 15.3 Å². The van der Waals surface area contributed by atoms with Gasteiger partial charge in [-0.05, 0) is 19.1 Å². The van der Waals surface area contributed by atoms with Crippen molar-refractivity contribution in [2.75, 3.05) is 31.1 Å². The van der Waals surface area contributed by atoms with Gasteiger partial charge in [-0.3, -0.25) is 13.8 Å². The first-order valence-corrected chi connectivity index (χ1v) is 7.71. The first kappa shape index (κ1) is 14.0. The van der Waals surface area contributed by atoms with Crippen LogP contribution < -0.4 is 15.8 Å². The van der Waals surface area contributed by atoms with Gasteiger partial charge in [0.1, 0.15) is 17.8 Å². The van der Waals surface area contributed by atoms with E-state index in [9.17, 15) is 4.79 Å². The number of fused-ring (bicyclic) bond motifs is 1. The van der Waals surface area contributed by atoms with Gasteiger partial charge < -0.3 is 10.2 Å². The number of nitrogens with zero attached hydrogens (tertiary/aromatic N) is 5. The number of aromatic nitrogens is 4. The molecule has 7 heteroatoms. The molecule has 0 spiro atoms. The highest BCUT2D eigenvalue weighted by molar-refractivity contribution is 5.53. The lowest BCUT2D eigenvalue weighted by atomic mass is 10.3. The topological polar surface area (TPSA) is 67.5 Å². The summed E-state index contributed by atoms with van der Waals surface area (Å²) >= 11 is 0. The van der Waals surface area contributed by atoms with Gasteiger partial charge in [0.25, 0.3) is 5.56 Å². The Morgan fingerprint density at radius 2 is 2.00 bits per heavy atom.